The summed E-state index contributed by atoms with van der Waals surface area (Å²) in [5, 5.41) is 9.00. The van der Waals surface area contributed by atoms with E-state index < -0.39 is 17.6 Å². The molecule has 2 rings (SSSR count). The minimum atomic E-state index is -0.988. The fourth-order valence-electron chi connectivity index (χ4n) is 2.48. The van der Waals surface area contributed by atoms with Crippen LogP contribution in [0.2, 0.25) is 5.02 Å². The molecule has 2 nitrogen and oxygen atoms in total. The van der Waals surface area contributed by atoms with E-state index in [-0.39, 0.29) is 17.9 Å². The Morgan fingerprint density at radius 3 is 2.41 bits per heavy atom. The standard InChI is InChI=1S/C17H15ClF2O2/c1-9-6-13(19)8-14(18)16(9)12-5-10(2)17(20)11(7-12)3-4-15(21)22/h5-8H,3-4H2,1-2H3,(H,21,22). The van der Waals surface area contributed by atoms with Crippen molar-refractivity contribution in [3.05, 3.63) is 57.6 Å². The van der Waals surface area contributed by atoms with Crippen molar-refractivity contribution in [2.45, 2.75) is 26.7 Å². The second-order valence-electron chi connectivity index (χ2n) is 5.24. The molecule has 2 aromatic rings. The summed E-state index contributed by atoms with van der Waals surface area (Å²) in [7, 11) is 0. The molecule has 0 aliphatic carbocycles. The molecule has 0 atom stereocenters. The Hall–Kier alpha value is -1.94. The highest BCUT2D eigenvalue weighted by Gasteiger charge is 2.14. The van der Waals surface area contributed by atoms with Crippen molar-refractivity contribution in [1.29, 1.82) is 0 Å². The van der Waals surface area contributed by atoms with Crippen LogP contribution in [-0.4, -0.2) is 11.1 Å². The molecule has 0 aliphatic rings. The van der Waals surface area contributed by atoms with Gasteiger partial charge in [0, 0.05) is 12.0 Å². The molecule has 0 radical (unpaired) electrons. The van der Waals surface area contributed by atoms with Crippen molar-refractivity contribution >= 4 is 17.6 Å². The highest BCUT2D eigenvalue weighted by Crippen LogP contribution is 2.34. The molecule has 0 aromatic heterocycles. The SMILES string of the molecule is Cc1cc(-c2c(C)cc(F)cc2Cl)cc(CCC(=O)O)c1F. The number of benzene rings is 2. The third-order valence-corrected chi connectivity index (χ3v) is 3.78. The van der Waals surface area contributed by atoms with E-state index >= 15 is 0 Å². The number of halogens is 3. The van der Waals surface area contributed by atoms with Crippen molar-refractivity contribution in [3.8, 4) is 11.1 Å². The molecule has 1 N–H and O–H groups in total. The van der Waals surface area contributed by atoms with Crippen LogP contribution < -0.4 is 0 Å². The number of carbonyl (C=O) groups is 1. The lowest BCUT2D eigenvalue weighted by atomic mass is 9.95. The first-order chi connectivity index (χ1) is 10.3. The molecule has 22 heavy (non-hydrogen) atoms. The van der Waals surface area contributed by atoms with E-state index in [4.69, 9.17) is 16.7 Å². The fraction of sp³-hybridized carbons (Fsp3) is 0.235. The molecule has 0 bridgehead atoms. The van der Waals surface area contributed by atoms with Crippen molar-refractivity contribution < 1.29 is 18.7 Å². The zero-order valence-electron chi connectivity index (χ0n) is 12.2. The predicted octanol–water partition coefficient (Wildman–Crippen LogP) is 4.92. The number of hydrogen-bond acceptors (Lipinski definition) is 1. The van der Waals surface area contributed by atoms with Gasteiger partial charge in [0.2, 0.25) is 0 Å². The van der Waals surface area contributed by atoms with E-state index in [9.17, 15) is 13.6 Å². The monoisotopic (exact) mass is 324 g/mol. The highest BCUT2D eigenvalue weighted by molar-refractivity contribution is 6.33. The van der Waals surface area contributed by atoms with Crippen molar-refractivity contribution in [2.24, 2.45) is 0 Å². The molecular weight excluding hydrogens is 310 g/mol. The van der Waals surface area contributed by atoms with Gasteiger partial charge < -0.3 is 5.11 Å². The Morgan fingerprint density at radius 1 is 1.14 bits per heavy atom. The van der Waals surface area contributed by atoms with Gasteiger partial charge in [-0.2, -0.15) is 0 Å². The lowest BCUT2D eigenvalue weighted by Crippen LogP contribution is -2.01. The minimum absolute atomic E-state index is 0.0910. The first kappa shape index (κ1) is 16.4. The summed E-state index contributed by atoms with van der Waals surface area (Å²) in [6.45, 7) is 3.33. The van der Waals surface area contributed by atoms with Crippen LogP contribution in [0.3, 0.4) is 0 Å². The lowest BCUT2D eigenvalue weighted by Gasteiger charge is -2.13. The van der Waals surface area contributed by atoms with E-state index in [1.165, 1.54) is 12.1 Å². The number of carboxylic acids is 1. The lowest BCUT2D eigenvalue weighted by molar-refractivity contribution is -0.136. The average Bonchev–Trinajstić information content (AvgIpc) is 2.39. The first-order valence-corrected chi connectivity index (χ1v) is 7.14. The molecule has 0 unspecified atom stereocenters. The summed E-state index contributed by atoms with van der Waals surface area (Å²) in [5.41, 5.74) is 2.64. The number of aliphatic carboxylic acids is 1. The summed E-state index contributed by atoms with van der Waals surface area (Å²) >= 11 is 6.11. The van der Waals surface area contributed by atoms with Crippen molar-refractivity contribution in [2.75, 3.05) is 0 Å². The quantitative estimate of drug-likeness (QED) is 0.866. The van der Waals surface area contributed by atoms with Crippen molar-refractivity contribution in [3.63, 3.8) is 0 Å². The van der Waals surface area contributed by atoms with Gasteiger partial charge in [0.15, 0.2) is 0 Å². The smallest absolute Gasteiger partial charge is 0.303 e. The van der Waals surface area contributed by atoms with Crippen LogP contribution in [0, 0.1) is 25.5 Å². The Balaban J connectivity index is 2.55. The van der Waals surface area contributed by atoms with E-state index in [0.29, 0.717) is 27.8 Å². The normalized spacial score (nSPS) is 10.8. The third kappa shape index (κ3) is 3.45. The van der Waals surface area contributed by atoms with Gasteiger partial charge in [0.25, 0.3) is 0 Å². The Kier molecular flexibility index (Phi) is 4.81. The van der Waals surface area contributed by atoms with Crippen LogP contribution in [0.4, 0.5) is 8.78 Å². The number of carboxylic acid groups (broad SMARTS) is 1. The molecule has 0 aliphatic heterocycles. The van der Waals surface area contributed by atoms with Gasteiger partial charge in [0.1, 0.15) is 11.6 Å². The minimum Gasteiger partial charge on any atom is -0.481 e. The molecule has 0 saturated carbocycles. The number of hydrogen-bond donors (Lipinski definition) is 1. The topological polar surface area (TPSA) is 37.3 Å². The largest absolute Gasteiger partial charge is 0.481 e. The summed E-state index contributed by atoms with van der Waals surface area (Å²) < 4.78 is 27.5. The van der Waals surface area contributed by atoms with Crippen LogP contribution >= 0.6 is 11.6 Å². The average molecular weight is 325 g/mol. The molecule has 0 spiro atoms. The zero-order chi connectivity index (χ0) is 16.4. The van der Waals surface area contributed by atoms with Gasteiger partial charge in [-0.15, -0.1) is 0 Å². The van der Waals surface area contributed by atoms with Gasteiger partial charge in [-0.3, -0.25) is 4.79 Å². The van der Waals surface area contributed by atoms with E-state index in [0.717, 1.165) is 0 Å². The fourth-order valence-corrected chi connectivity index (χ4v) is 2.84. The maximum atomic E-state index is 14.1. The zero-order valence-corrected chi connectivity index (χ0v) is 13.0. The van der Waals surface area contributed by atoms with Gasteiger partial charge in [-0.1, -0.05) is 11.6 Å². The maximum Gasteiger partial charge on any atom is 0.303 e. The molecule has 0 fully saturated rings. The van der Waals surface area contributed by atoms with Crippen LogP contribution in [0.5, 0.6) is 0 Å². The third-order valence-electron chi connectivity index (χ3n) is 3.48. The molecule has 0 heterocycles. The second kappa shape index (κ2) is 6.44. The Bertz CT molecular complexity index is 719. The van der Waals surface area contributed by atoms with E-state index in [1.807, 2.05) is 0 Å². The summed E-state index contributed by atoms with van der Waals surface area (Å²) in [5.74, 6) is -1.84. The van der Waals surface area contributed by atoms with E-state index in [2.05, 4.69) is 0 Å². The van der Waals surface area contributed by atoms with Crippen molar-refractivity contribution in [1.82, 2.24) is 0 Å². The number of rotatable bonds is 4. The van der Waals surface area contributed by atoms with Gasteiger partial charge in [-0.25, -0.2) is 8.78 Å². The predicted molar refractivity (Wildman–Crippen MR) is 82.2 cm³/mol. The summed E-state index contributed by atoms with van der Waals surface area (Å²) in [4.78, 5) is 10.7. The van der Waals surface area contributed by atoms with Crippen LogP contribution in [0.1, 0.15) is 23.1 Å². The molecule has 5 heteroatoms. The van der Waals surface area contributed by atoms with Crippen LogP contribution in [-0.2, 0) is 11.2 Å². The molecule has 2 aromatic carbocycles. The van der Waals surface area contributed by atoms with E-state index in [1.54, 1.807) is 26.0 Å². The molecule has 0 amide bonds. The molecule has 116 valence electrons. The second-order valence-corrected chi connectivity index (χ2v) is 5.65. The maximum absolute atomic E-state index is 14.1. The Morgan fingerprint density at radius 2 is 1.82 bits per heavy atom. The first-order valence-electron chi connectivity index (χ1n) is 6.76. The molecule has 0 saturated heterocycles. The molecular formula is C17H15ClF2O2. The van der Waals surface area contributed by atoms with Gasteiger partial charge >= 0.3 is 5.97 Å². The highest BCUT2D eigenvalue weighted by atomic mass is 35.5. The van der Waals surface area contributed by atoms with Gasteiger partial charge in [-0.05, 0) is 66.8 Å². The summed E-state index contributed by atoms with van der Waals surface area (Å²) in [6.07, 6.45) is -0.0658. The number of aryl methyl sites for hydroxylation is 3. The van der Waals surface area contributed by atoms with Crippen LogP contribution in [0.15, 0.2) is 24.3 Å². The Labute approximate surface area is 132 Å². The van der Waals surface area contributed by atoms with Crippen LogP contribution in [0.25, 0.3) is 11.1 Å². The van der Waals surface area contributed by atoms with Gasteiger partial charge in [0.05, 0.1) is 5.02 Å². The summed E-state index contributed by atoms with van der Waals surface area (Å²) in [6, 6.07) is 5.78.